The standard InChI is InChI=1S/C22H34O5/c1-6-26-21-18-10-9-16(22(4,5)19(18)20(25)27-21)8-7-14(2)11-17(24)12-15(3)13-23/h12,16-17,21,23-24H,2,6-11,13H2,1,3-5H3/b15-12-/t16-,17+,21+/m1/s1. The predicted octanol–water partition coefficient (Wildman–Crippen LogP) is 3.66. The Morgan fingerprint density at radius 2 is 2.19 bits per heavy atom. The van der Waals surface area contributed by atoms with Gasteiger partial charge in [-0.25, -0.2) is 4.79 Å². The van der Waals surface area contributed by atoms with Gasteiger partial charge in [0.25, 0.3) is 0 Å². The molecule has 2 N–H and O–H groups in total. The fraction of sp³-hybridized carbons (Fsp3) is 0.682. The molecule has 152 valence electrons. The van der Waals surface area contributed by atoms with Crippen LogP contribution in [0.25, 0.3) is 0 Å². The number of aliphatic hydroxyl groups excluding tert-OH is 2. The molecule has 2 rings (SSSR count). The quantitative estimate of drug-likeness (QED) is 0.473. The van der Waals surface area contributed by atoms with Crippen molar-refractivity contribution in [3.8, 4) is 0 Å². The van der Waals surface area contributed by atoms with Crippen molar-refractivity contribution in [2.45, 2.75) is 72.2 Å². The molecule has 0 saturated carbocycles. The smallest absolute Gasteiger partial charge is 0.337 e. The summed E-state index contributed by atoms with van der Waals surface area (Å²) in [4.78, 5) is 12.4. The van der Waals surface area contributed by atoms with E-state index >= 15 is 0 Å². The molecule has 2 aliphatic rings. The average Bonchev–Trinajstić information content (AvgIpc) is 2.90. The third kappa shape index (κ3) is 5.09. The summed E-state index contributed by atoms with van der Waals surface area (Å²) >= 11 is 0. The van der Waals surface area contributed by atoms with Gasteiger partial charge in [-0.15, -0.1) is 0 Å². The van der Waals surface area contributed by atoms with E-state index in [2.05, 4.69) is 20.4 Å². The van der Waals surface area contributed by atoms with Gasteiger partial charge in [-0.1, -0.05) is 32.1 Å². The van der Waals surface area contributed by atoms with Crippen LogP contribution in [0.15, 0.2) is 34.9 Å². The van der Waals surface area contributed by atoms with Gasteiger partial charge >= 0.3 is 5.97 Å². The Kier molecular flexibility index (Phi) is 7.43. The van der Waals surface area contributed by atoms with Gasteiger partial charge in [-0.2, -0.15) is 0 Å². The summed E-state index contributed by atoms with van der Waals surface area (Å²) in [5, 5.41) is 19.1. The highest BCUT2D eigenvalue weighted by atomic mass is 16.7. The van der Waals surface area contributed by atoms with E-state index in [-0.39, 0.29) is 18.0 Å². The third-order valence-electron chi connectivity index (χ3n) is 5.84. The van der Waals surface area contributed by atoms with Crippen LogP contribution in [0.3, 0.4) is 0 Å². The van der Waals surface area contributed by atoms with E-state index in [9.17, 15) is 9.90 Å². The molecule has 0 saturated heterocycles. The van der Waals surface area contributed by atoms with Crippen LogP contribution in [-0.4, -0.2) is 41.8 Å². The summed E-state index contributed by atoms with van der Waals surface area (Å²) < 4.78 is 11.0. The van der Waals surface area contributed by atoms with E-state index in [4.69, 9.17) is 14.6 Å². The Hall–Kier alpha value is -1.43. The summed E-state index contributed by atoms with van der Waals surface area (Å²) in [6, 6.07) is 0. The Morgan fingerprint density at radius 1 is 1.48 bits per heavy atom. The second kappa shape index (κ2) is 9.18. The molecule has 27 heavy (non-hydrogen) atoms. The van der Waals surface area contributed by atoms with Crippen LogP contribution in [0, 0.1) is 11.3 Å². The molecule has 3 atom stereocenters. The van der Waals surface area contributed by atoms with Gasteiger partial charge in [0.2, 0.25) is 6.29 Å². The molecule has 1 aliphatic heterocycles. The predicted molar refractivity (Wildman–Crippen MR) is 105 cm³/mol. The Balaban J connectivity index is 1.98. The van der Waals surface area contributed by atoms with Crippen LogP contribution in [0.5, 0.6) is 0 Å². The van der Waals surface area contributed by atoms with Crippen molar-refractivity contribution in [2.24, 2.45) is 11.3 Å². The zero-order chi connectivity index (χ0) is 20.2. The fourth-order valence-electron chi connectivity index (χ4n) is 4.30. The number of rotatable bonds is 9. The fourth-order valence-corrected chi connectivity index (χ4v) is 4.30. The second-order valence-corrected chi connectivity index (χ2v) is 8.28. The highest BCUT2D eigenvalue weighted by molar-refractivity contribution is 5.93. The summed E-state index contributed by atoms with van der Waals surface area (Å²) in [7, 11) is 0. The largest absolute Gasteiger partial charge is 0.428 e. The monoisotopic (exact) mass is 378 g/mol. The van der Waals surface area contributed by atoms with E-state index in [1.807, 2.05) is 6.92 Å². The first kappa shape index (κ1) is 21.9. The van der Waals surface area contributed by atoms with Crippen LogP contribution in [0.1, 0.15) is 59.8 Å². The highest BCUT2D eigenvalue weighted by Crippen LogP contribution is 2.51. The van der Waals surface area contributed by atoms with Crippen molar-refractivity contribution in [2.75, 3.05) is 13.2 Å². The lowest BCUT2D eigenvalue weighted by Crippen LogP contribution is -2.33. The first-order valence-corrected chi connectivity index (χ1v) is 9.89. The number of esters is 1. The number of hydrogen-bond acceptors (Lipinski definition) is 5. The molecule has 5 heteroatoms. The number of ether oxygens (including phenoxy) is 2. The maximum atomic E-state index is 12.4. The Labute approximate surface area is 162 Å². The first-order valence-electron chi connectivity index (χ1n) is 9.89. The van der Waals surface area contributed by atoms with Gasteiger partial charge in [-0.3, -0.25) is 0 Å². The molecule has 0 unspecified atom stereocenters. The molecule has 0 aromatic rings. The van der Waals surface area contributed by atoms with Gasteiger partial charge in [0.15, 0.2) is 0 Å². The molecule has 0 fully saturated rings. The molecule has 0 radical (unpaired) electrons. The van der Waals surface area contributed by atoms with Gasteiger partial charge in [-0.05, 0) is 62.9 Å². The summed E-state index contributed by atoms with van der Waals surface area (Å²) in [5.74, 6) is 0.116. The number of cyclic esters (lactones) is 1. The minimum Gasteiger partial charge on any atom is -0.428 e. The number of hydrogen-bond donors (Lipinski definition) is 2. The van der Waals surface area contributed by atoms with E-state index < -0.39 is 12.4 Å². The van der Waals surface area contributed by atoms with Crippen LogP contribution in [0.2, 0.25) is 0 Å². The molecular formula is C22H34O5. The van der Waals surface area contributed by atoms with Gasteiger partial charge in [0, 0.05) is 17.8 Å². The maximum absolute atomic E-state index is 12.4. The Bertz CT molecular complexity index is 629. The second-order valence-electron chi connectivity index (χ2n) is 8.28. The van der Waals surface area contributed by atoms with Crippen molar-refractivity contribution in [1.82, 2.24) is 0 Å². The molecule has 0 aromatic carbocycles. The van der Waals surface area contributed by atoms with Crippen molar-refractivity contribution in [3.63, 3.8) is 0 Å². The number of carbonyl (C=O) groups excluding carboxylic acids is 1. The van der Waals surface area contributed by atoms with Crippen LogP contribution < -0.4 is 0 Å². The van der Waals surface area contributed by atoms with Crippen molar-refractivity contribution in [3.05, 3.63) is 34.9 Å². The lowest BCUT2D eigenvalue weighted by molar-refractivity contribution is -0.159. The van der Waals surface area contributed by atoms with Gasteiger partial charge in [0.1, 0.15) is 0 Å². The van der Waals surface area contributed by atoms with Crippen molar-refractivity contribution < 1.29 is 24.5 Å². The molecular weight excluding hydrogens is 344 g/mol. The number of carbonyl (C=O) groups is 1. The lowest BCUT2D eigenvalue weighted by Gasteiger charge is -2.39. The SMILES string of the molecule is C=C(CC[C@@H]1CCC2=C(C(=O)O[C@@H]2OCC)C1(C)C)C[C@H](O)/C=C(/C)CO. The topological polar surface area (TPSA) is 76.0 Å². The van der Waals surface area contributed by atoms with E-state index in [1.165, 1.54) is 0 Å². The third-order valence-corrected chi connectivity index (χ3v) is 5.84. The van der Waals surface area contributed by atoms with Crippen molar-refractivity contribution in [1.29, 1.82) is 0 Å². The van der Waals surface area contributed by atoms with Gasteiger partial charge < -0.3 is 19.7 Å². The summed E-state index contributed by atoms with van der Waals surface area (Å²) in [5.41, 5.74) is 3.29. The van der Waals surface area contributed by atoms with Crippen molar-refractivity contribution >= 4 is 5.97 Å². The normalized spacial score (nSPS) is 26.0. The molecule has 5 nitrogen and oxygen atoms in total. The molecule has 0 aromatic heterocycles. The summed E-state index contributed by atoms with van der Waals surface area (Å²) in [6.45, 7) is 12.5. The molecule has 0 spiro atoms. The zero-order valence-corrected chi connectivity index (χ0v) is 17.1. The maximum Gasteiger partial charge on any atom is 0.337 e. The number of aliphatic hydroxyl groups is 2. The zero-order valence-electron chi connectivity index (χ0n) is 17.1. The van der Waals surface area contributed by atoms with E-state index in [0.29, 0.717) is 18.9 Å². The van der Waals surface area contributed by atoms with Gasteiger partial charge in [0.05, 0.1) is 12.7 Å². The molecule has 1 heterocycles. The van der Waals surface area contributed by atoms with E-state index in [0.717, 1.165) is 48.0 Å². The molecule has 0 amide bonds. The average molecular weight is 379 g/mol. The van der Waals surface area contributed by atoms with Crippen LogP contribution >= 0.6 is 0 Å². The van der Waals surface area contributed by atoms with Crippen LogP contribution in [-0.2, 0) is 14.3 Å². The molecule has 1 aliphatic carbocycles. The van der Waals surface area contributed by atoms with E-state index in [1.54, 1.807) is 13.0 Å². The van der Waals surface area contributed by atoms with Crippen LogP contribution in [0.4, 0.5) is 0 Å². The minimum absolute atomic E-state index is 0.0456. The first-order chi connectivity index (χ1) is 12.7. The Morgan fingerprint density at radius 3 is 2.81 bits per heavy atom. The highest BCUT2D eigenvalue weighted by Gasteiger charge is 2.48. The minimum atomic E-state index is -0.616. The lowest BCUT2D eigenvalue weighted by atomic mass is 9.64. The molecule has 0 bridgehead atoms. The summed E-state index contributed by atoms with van der Waals surface area (Å²) in [6.07, 6.45) is 4.59.